The Morgan fingerprint density at radius 3 is 2.35 bits per heavy atom. The van der Waals surface area contributed by atoms with E-state index in [0.717, 1.165) is 6.54 Å². The van der Waals surface area contributed by atoms with Crippen LogP contribution in [-0.2, 0) is 28.4 Å². The molecule has 1 radical (unpaired) electrons. The SMILES string of the molecule is CCCCCCCCn1cccn1.O=CO.[Cu]. The summed E-state index contributed by atoms with van der Waals surface area (Å²) in [4.78, 5) is 8.36. The molecule has 0 saturated heterocycles. The Kier molecular flexibility index (Phi) is 16.6. The molecular weight excluding hydrogens is 268 g/mol. The molecule has 1 N–H and O–H groups in total. The van der Waals surface area contributed by atoms with Gasteiger partial charge in [-0.15, -0.1) is 0 Å². The van der Waals surface area contributed by atoms with Crippen LogP contribution in [0.2, 0.25) is 0 Å². The van der Waals surface area contributed by atoms with Gasteiger partial charge in [-0.3, -0.25) is 9.48 Å². The van der Waals surface area contributed by atoms with Crippen LogP contribution in [0.5, 0.6) is 0 Å². The molecule has 0 fully saturated rings. The summed E-state index contributed by atoms with van der Waals surface area (Å²) in [5.74, 6) is 0. The quantitative estimate of drug-likeness (QED) is 0.477. The molecule has 17 heavy (non-hydrogen) atoms. The second-order valence-electron chi connectivity index (χ2n) is 3.64. The van der Waals surface area contributed by atoms with Gasteiger partial charge in [0.05, 0.1) is 0 Å². The molecule has 1 heterocycles. The van der Waals surface area contributed by atoms with E-state index in [1.807, 2.05) is 23.1 Å². The summed E-state index contributed by atoms with van der Waals surface area (Å²) in [6, 6.07) is 1.98. The van der Waals surface area contributed by atoms with Crippen LogP contribution in [0.25, 0.3) is 0 Å². The summed E-state index contributed by atoms with van der Waals surface area (Å²) in [7, 11) is 0. The van der Waals surface area contributed by atoms with Gasteiger partial charge in [-0.2, -0.15) is 5.10 Å². The van der Waals surface area contributed by atoms with E-state index in [9.17, 15) is 0 Å². The molecule has 0 aromatic carbocycles. The van der Waals surface area contributed by atoms with Crippen LogP contribution < -0.4 is 0 Å². The van der Waals surface area contributed by atoms with E-state index >= 15 is 0 Å². The first-order valence-corrected chi connectivity index (χ1v) is 5.90. The molecule has 1 aromatic heterocycles. The number of unbranched alkanes of at least 4 members (excludes halogenated alkanes) is 5. The van der Waals surface area contributed by atoms with E-state index in [0.29, 0.717) is 0 Å². The molecule has 5 heteroatoms. The van der Waals surface area contributed by atoms with E-state index < -0.39 is 0 Å². The van der Waals surface area contributed by atoms with Gasteiger partial charge < -0.3 is 5.11 Å². The summed E-state index contributed by atoms with van der Waals surface area (Å²) in [6.45, 7) is 3.09. The van der Waals surface area contributed by atoms with Gasteiger partial charge in [0.15, 0.2) is 0 Å². The van der Waals surface area contributed by atoms with Crippen molar-refractivity contribution in [2.45, 2.75) is 52.0 Å². The molecule has 0 aliphatic rings. The Balaban J connectivity index is 0. The van der Waals surface area contributed by atoms with Gasteiger partial charge in [0.1, 0.15) is 0 Å². The van der Waals surface area contributed by atoms with E-state index in [4.69, 9.17) is 9.90 Å². The maximum absolute atomic E-state index is 8.36. The Labute approximate surface area is 114 Å². The first kappa shape index (κ1) is 18.6. The summed E-state index contributed by atoms with van der Waals surface area (Å²) in [5.41, 5.74) is 0. The van der Waals surface area contributed by atoms with Crippen molar-refractivity contribution in [2.24, 2.45) is 0 Å². The first-order valence-electron chi connectivity index (χ1n) is 5.90. The summed E-state index contributed by atoms with van der Waals surface area (Å²) >= 11 is 0. The molecule has 4 nitrogen and oxygen atoms in total. The molecule has 1 aromatic rings. The normalized spacial score (nSPS) is 8.76. The van der Waals surface area contributed by atoms with Gasteiger partial charge in [0, 0.05) is 36.0 Å². The molecule has 0 aliphatic carbocycles. The topological polar surface area (TPSA) is 55.1 Å². The van der Waals surface area contributed by atoms with E-state index in [2.05, 4.69) is 12.0 Å². The number of aryl methyl sites for hydroxylation is 1. The van der Waals surface area contributed by atoms with E-state index in [1.165, 1.54) is 38.5 Å². The van der Waals surface area contributed by atoms with Crippen molar-refractivity contribution in [3.05, 3.63) is 18.5 Å². The van der Waals surface area contributed by atoms with Gasteiger partial charge in [0.2, 0.25) is 0 Å². The van der Waals surface area contributed by atoms with Crippen LogP contribution in [-0.4, -0.2) is 21.4 Å². The fraction of sp³-hybridized carbons (Fsp3) is 0.667. The van der Waals surface area contributed by atoms with Crippen molar-refractivity contribution in [2.75, 3.05) is 0 Å². The molecule has 1 rings (SSSR count). The van der Waals surface area contributed by atoms with Gasteiger partial charge in [-0.25, -0.2) is 0 Å². The minimum absolute atomic E-state index is 0. The van der Waals surface area contributed by atoms with Gasteiger partial charge in [-0.05, 0) is 12.5 Å². The smallest absolute Gasteiger partial charge is 0.290 e. The van der Waals surface area contributed by atoms with Gasteiger partial charge in [-0.1, -0.05) is 39.0 Å². The molecule has 0 bridgehead atoms. The Hall–Kier alpha value is -0.801. The number of aromatic nitrogens is 2. The summed E-state index contributed by atoms with van der Waals surface area (Å²) in [6.07, 6.45) is 12.0. The fourth-order valence-corrected chi connectivity index (χ4v) is 1.49. The predicted molar refractivity (Wildman–Crippen MR) is 64.3 cm³/mol. The third-order valence-corrected chi connectivity index (χ3v) is 2.30. The number of nitrogens with zero attached hydrogens (tertiary/aromatic N) is 2. The number of hydrogen-bond acceptors (Lipinski definition) is 2. The second-order valence-corrected chi connectivity index (χ2v) is 3.64. The van der Waals surface area contributed by atoms with Crippen LogP contribution in [0, 0.1) is 0 Å². The van der Waals surface area contributed by atoms with E-state index in [-0.39, 0.29) is 23.5 Å². The molecule has 103 valence electrons. The number of rotatable bonds is 7. The summed E-state index contributed by atoms with van der Waals surface area (Å²) < 4.78 is 2.01. The number of carboxylic acid groups (broad SMARTS) is 1. The Bertz CT molecular complexity index is 241. The van der Waals surface area contributed by atoms with Crippen molar-refractivity contribution in [3.63, 3.8) is 0 Å². The maximum atomic E-state index is 8.36. The average Bonchev–Trinajstić information content (AvgIpc) is 2.77. The van der Waals surface area contributed by atoms with Crippen molar-refractivity contribution >= 4 is 6.47 Å². The van der Waals surface area contributed by atoms with Crippen LogP contribution in [0.15, 0.2) is 18.5 Å². The average molecular weight is 290 g/mol. The fourth-order valence-electron chi connectivity index (χ4n) is 1.49. The second kappa shape index (κ2) is 15.2. The summed E-state index contributed by atoms with van der Waals surface area (Å²) in [5, 5.41) is 11.1. The van der Waals surface area contributed by atoms with Crippen LogP contribution in [0.1, 0.15) is 45.4 Å². The van der Waals surface area contributed by atoms with E-state index in [1.54, 1.807) is 0 Å². The van der Waals surface area contributed by atoms with Crippen molar-refractivity contribution < 1.29 is 27.0 Å². The minimum Gasteiger partial charge on any atom is -0.483 e. The molecule has 0 saturated carbocycles. The molecule has 0 aliphatic heterocycles. The van der Waals surface area contributed by atoms with Crippen LogP contribution in [0.4, 0.5) is 0 Å². The largest absolute Gasteiger partial charge is 0.483 e. The first-order chi connectivity index (χ1) is 7.85. The van der Waals surface area contributed by atoms with Crippen molar-refractivity contribution in [1.29, 1.82) is 0 Å². The Morgan fingerprint density at radius 2 is 1.82 bits per heavy atom. The predicted octanol–water partition coefficient (Wildman–Crippen LogP) is 2.94. The Morgan fingerprint density at radius 1 is 1.24 bits per heavy atom. The standard InChI is InChI=1S/C11H20N2.CH2O2.Cu/c1-2-3-4-5-6-7-10-13-11-8-9-12-13;2-1-3;/h8-9,11H,2-7,10H2,1H3;1H,(H,2,3);. The van der Waals surface area contributed by atoms with Crippen molar-refractivity contribution in [1.82, 2.24) is 9.78 Å². The van der Waals surface area contributed by atoms with Gasteiger partial charge >= 0.3 is 0 Å². The number of carbonyl (C=O) groups is 1. The zero-order valence-corrected chi connectivity index (χ0v) is 11.3. The van der Waals surface area contributed by atoms with Crippen molar-refractivity contribution in [3.8, 4) is 0 Å². The molecule has 0 atom stereocenters. The monoisotopic (exact) mass is 289 g/mol. The van der Waals surface area contributed by atoms with Gasteiger partial charge in [0.25, 0.3) is 6.47 Å². The molecule has 0 unspecified atom stereocenters. The molecule has 0 amide bonds. The number of hydrogen-bond donors (Lipinski definition) is 1. The molecular formula is C12H22CuN2O2. The van der Waals surface area contributed by atoms with Crippen LogP contribution >= 0.6 is 0 Å². The minimum atomic E-state index is -0.250. The third-order valence-electron chi connectivity index (χ3n) is 2.30. The zero-order chi connectivity index (χ0) is 12.1. The maximum Gasteiger partial charge on any atom is 0.290 e. The molecule has 0 spiro atoms. The zero-order valence-electron chi connectivity index (χ0n) is 10.3. The third kappa shape index (κ3) is 13.1. The van der Waals surface area contributed by atoms with Crippen LogP contribution in [0.3, 0.4) is 0 Å².